The maximum Gasteiger partial charge on any atom is 0.317 e. The summed E-state index contributed by atoms with van der Waals surface area (Å²) < 4.78 is 5.74. The van der Waals surface area contributed by atoms with Gasteiger partial charge < -0.3 is 19.9 Å². The van der Waals surface area contributed by atoms with E-state index in [1.807, 2.05) is 40.1 Å². The summed E-state index contributed by atoms with van der Waals surface area (Å²) in [6.45, 7) is 5.00. The predicted molar refractivity (Wildman–Crippen MR) is 90.4 cm³/mol. The third-order valence-corrected chi connectivity index (χ3v) is 4.73. The molecule has 0 aliphatic carbocycles. The summed E-state index contributed by atoms with van der Waals surface area (Å²) in [4.78, 5) is 28.2. The van der Waals surface area contributed by atoms with Crippen LogP contribution in [0.5, 0.6) is 0 Å². The Morgan fingerprint density at radius 3 is 2.83 bits per heavy atom. The number of benzene rings is 1. The first-order chi connectivity index (χ1) is 11.6. The molecule has 1 aromatic rings. The van der Waals surface area contributed by atoms with Gasteiger partial charge in [0.2, 0.25) is 0 Å². The molecule has 0 aromatic heterocycles. The van der Waals surface area contributed by atoms with E-state index in [2.05, 4.69) is 5.32 Å². The molecule has 0 radical (unpaired) electrons. The Labute approximate surface area is 142 Å². The first kappa shape index (κ1) is 16.8. The lowest BCUT2D eigenvalue weighted by atomic mass is 10.0. The second-order valence-corrected chi connectivity index (χ2v) is 6.44. The minimum atomic E-state index is -0.476. The highest BCUT2D eigenvalue weighted by Gasteiger charge is 2.34. The van der Waals surface area contributed by atoms with Gasteiger partial charge in [-0.3, -0.25) is 4.79 Å². The minimum Gasteiger partial charge on any atom is -0.364 e. The van der Waals surface area contributed by atoms with Crippen LogP contribution in [0.3, 0.4) is 0 Å². The minimum absolute atomic E-state index is 0.00948. The lowest BCUT2D eigenvalue weighted by molar-refractivity contribution is -0.145. The van der Waals surface area contributed by atoms with Crippen LogP contribution in [0, 0.1) is 0 Å². The van der Waals surface area contributed by atoms with Crippen molar-refractivity contribution in [3.8, 4) is 0 Å². The van der Waals surface area contributed by atoms with Gasteiger partial charge in [0.05, 0.1) is 12.6 Å². The molecule has 24 heavy (non-hydrogen) atoms. The van der Waals surface area contributed by atoms with E-state index >= 15 is 0 Å². The van der Waals surface area contributed by atoms with Crippen LogP contribution in [-0.2, 0) is 16.1 Å². The number of nitrogens with one attached hydrogen (secondary N) is 1. The molecule has 1 aromatic carbocycles. The molecule has 2 heterocycles. The zero-order valence-electron chi connectivity index (χ0n) is 14.1. The van der Waals surface area contributed by atoms with Crippen molar-refractivity contribution in [3.05, 3.63) is 35.9 Å². The fourth-order valence-corrected chi connectivity index (χ4v) is 3.37. The molecule has 6 heteroatoms. The summed E-state index contributed by atoms with van der Waals surface area (Å²) in [5.74, 6) is 0.00948. The monoisotopic (exact) mass is 331 g/mol. The molecule has 6 nitrogen and oxygen atoms in total. The van der Waals surface area contributed by atoms with Crippen LogP contribution in [-0.4, -0.2) is 60.1 Å². The quantitative estimate of drug-likeness (QED) is 0.892. The van der Waals surface area contributed by atoms with Gasteiger partial charge in [-0.25, -0.2) is 4.79 Å². The molecular weight excluding hydrogens is 306 g/mol. The highest BCUT2D eigenvalue weighted by molar-refractivity contribution is 5.81. The summed E-state index contributed by atoms with van der Waals surface area (Å²) in [6, 6.07) is 9.96. The maximum atomic E-state index is 12.6. The van der Waals surface area contributed by atoms with E-state index in [-0.39, 0.29) is 18.0 Å². The van der Waals surface area contributed by atoms with Crippen molar-refractivity contribution in [2.45, 2.75) is 38.5 Å². The Kier molecular flexibility index (Phi) is 5.35. The Morgan fingerprint density at radius 1 is 1.33 bits per heavy atom. The van der Waals surface area contributed by atoms with Crippen LogP contribution in [0.4, 0.5) is 4.79 Å². The number of nitrogens with zero attached hydrogens (tertiary/aromatic N) is 2. The van der Waals surface area contributed by atoms with Crippen molar-refractivity contribution < 1.29 is 14.3 Å². The summed E-state index contributed by atoms with van der Waals surface area (Å²) in [5.41, 5.74) is 1.06. The number of piperidine rings is 1. The third kappa shape index (κ3) is 3.87. The summed E-state index contributed by atoms with van der Waals surface area (Å²) in [7, 11) is 0. The molecule has 2 aliphatic rings. The molecule has 3 amide bonds. The number of likely N-dealkylation sites (tertiary alicyclic amines) is 1. The number of hydrogen-bond donors (Lipinski definition) is 1. The molecule has 130 valence electrons. The Hall–Kier alpha value is -2.08. The SMILES string of the molecule is C[C@H](OCc1ccccc1)C(=O)N1CCC[C@@H](N2CCNC2=O)C1. The second-order valence-electron chi connectivity index (χ2n) is 6.44. The highest BCUT2D eigenvalue weighted by atomic mass is 16.5. The largest absolute Gasteiger partial charge is 0.364 e. The van der Waals surface area contributed by atoms with Gasteiger partial charge in [-0.05, 0) is 25.3 Å². The van der Waals surface area contributed by atoms with Crippen molar-refractivity contribution in [2.24, 2.45) is 0 Å². The van der Waals surface area contributed by atoms with Crippen LogP contribution >= 0.6 is 0 Å². The van der Waals surface area contributed by atoms with E-state index in [1.165, 1.54) is 0 Å². The molecule has 2 saturated heterocycles. The first-order valence-corrected chi connectivity index (χ1v) is 8.64. The van der Waals surface area contributed by atoms with Crippen molar-refractivity contribution in [2.75, 3.05) is 26.2 Å². The second kappa shape index (κ2) is 7.66. The normalized spacial score (nSPS) is 22.4. The van der Waals surface area contributed by atoms with E-state index in [9.17, 15) is 9.59 Å². The Morgan fingerprint density at radius 2 is 2.12 bits per heavy atom. The molecule has 0 saturated carbocycles. The number of rotatable bonds is 5. The molecule has 2 atom stereocenters. The van der Waals surface area contributed by atoms with Crippen LogP contribution in [0.15, 0.2) is 30.3 Å². The van der Waals surface area contributed by atoms with Crippen molar-refractivity contribution in [3.63, 3.8) is 0 Å². The molecule has 3 rings (SSSR count). The van der Waals surface area contributed by atoms with E-state index in [0.717, 1.165) is 31.5 Å². The van der Waals surface area contributed by atoms with Crippen molar-refractivity contribution in [1.82, 2.24) is 15.1 Å². The first-order valence-electron chi connectivity index (χ1n) is 8.64. The topological polar surface area (TPSA) is 61.9 Å². The molecule has 0 bridgehead atoms. The predicted octanol–water partition coefficient (Wildman–Crippen LogP) is 1.61. The van der Waals surface area contributed by atoms with Gasteiger partial charge in [-0.1, -0.05) is 30.3 Å². The number of urea groups is 1. The molecule has 2 fully saturated rings. The maximum absolute atomic E-state index is 12.6. The number of ether oxygens (including phenoxy) is 1. The summed E-state index contributed by atoms with van der Waals surface area (Å²) in [6.07, 6.45) is 1.40. The van der Waals surface area contributed by atoms with Gasteiger partial charge in [-0.2, -0.15) is 0 Å². The van der Waals surface area contributed by atoms with E-state index in [1.54, 1.807) is 6.92 Å². The highest BCUT2D eigenvalue weighted by Crippen LogP contribution is 2.19. The smallest absolute Gasteiger partial charge is 0.317 e. The van der Waals surface area contributed by atoms with E-state index in [4.69, 9.17) is 4.74 Å². The average molecular weight is 331 g/mol. The molecule has 2 aliphatic heterocycles. The van der Waals surface area contributed by atoms with Gasteiger partial charge >= 0.3 is 6.03 Å². The van der Waals surface area contributed by atoms with Crippen LogP contribution < -0.4 is 5.32 Å². The van der Waals surface area contributed by atoms with Crippen molar-refractivity contribution in [1.29, 1.82) is 0 Å². The standard InChI is InChI=1S/C18H25N3O3/c1-14(24-13-15-6-3-2-4-7-15)17(22)20-10-5-8-16(12-20)21-11-9-19-18(21)23/h2-4,6-7,14,16H,5,8-13H2,1H3,(H,19,23)/t14-,16+/m0/s1. The molecular formula is C18H25N3O3. The number of hydrogen-bond acceptors (Lipinski definition) is 3. The number of amides is 3. The zero-order chi connectivity index (χ0) is 16.9. The Balaban J connectivity index is 1.52. The fourth-order valence-electron chi connectivity index (χ4n) is 3.37. The van der Waals surface area contributed by atoms with Gasteiger partial charge in [0.1, 0.15) is 6.10 Å². The Bertz CT molecular complexity index is 578. The van der Waals surface area contributed by atoms with Crippen LogP contribution in [0.1, 0.15) is 25.3 Å². The zero-order valence-corrected chi connectivity index (χ0v) is 14.1. The fraction of sp³-hybridized carbons (Fsp3) is 0.556. The number of carbonyl (C=O) groups excluding carboxylic acids is 2. The van der Waals surface area contributed by atoms with Gasteiger partial charge in [-0.15, -0.1) is 0 Å². The van der Waals surface area contributed by atoms with E-state index < -0.39 is 6.10 Å². The van der Waals surface area contributed by atoms with Gasteiger partial charge in [0, 0.05) is 26.2 Å². The lowest BCUT2D eigenvalue weighted by Crippen LogP contribution is -2.52. The third-order valence-electron chi connectivity index (χ3n) is 4.73. The van der Waals surface area contributed by atoms with Gasteiger partial charge in [0.15, 0.2) is 0 Å². The number of carbonyl (C=O) groups is 2. The van der Waals surface area contributed by atoms with Crippen LogP contribution in [0.2, 0.25) is 0 Å². The van der Waals surface area contributed by atoms with Crippen LogP contribution in [0.25, 0.3) is 0 Å². The average Bonchev–Trinajstić information content (AvgIpc) is 3.06. The summed E-state index contributed by atoms with van der Waals surface area (Å²) in [5, 5.41) is 2.83. The molecule has 1 N–H and O–H groups in total. The summed E-state index contributed by atoms with van der Waals surface area (Å²) >= 11 is 0. The van der Waals surface area contributed by atoms with Crippen molar-refractivity contribution >= 4 is 11.9 Å². The van der Waals surface area contributed by atoms with Gasteiger partial charge in [0.25, 0.3) is 5.91 Å². The molecule has 0 spiro atoms. The lowest BCUT2D eigenvalue weighted by Gasteiger charge is -2.38. The molecule has 0 unspecified atom stereocenters. The van der Waals surface area contributed by atoms with E-state index in [0.29, 0.717) is 19.7 Å².